The fourth-order valence-electron chi connectivity index (χ4n) is 5.19. The van der Waals surface area contributed by atoms with Crippen LogP contribution in [0.15, 0.2) is 0 Å². The Balaban J connectivity index is 1.19. The molecule has 0 aromatic heterocycles. The highest BCUT2D eigenvalue weighted by Gasteiger charge is 2.49. The van der Waals surface area contributed by atoms with E-state index in [4.69, 9.17) is 17.7 Å². The number of rotatable bonds is 10. The average molecular weight is 465 g/mol. The molecule has 29 heavy (non-hydrogen) atoms. The van der Waals surface area contributed by atoms with Crippen molar-refractivity contribution >= 4 is 26.2 Å². The lowest BCUT2D eigenvalue weighted by Gasteiger charge is -2.34. The van der Waals surface area contributed by atoms with Gasteiger partial charge in [-0.1, -0.05) is 0 Å². The van der Waals surface area contributed by atoms with E-state index in [9.17, 15) is 19.2 Å². The first-order valence-electron chi connectivity index (χ1n) is 11.1. The van der Waals surface area contributed by atoms with Gasteiger partial charge in [-0.05, 0) is 76.3 Å². The lowest BCUT2D eigenvalue weighted by atomic mass is 9.88. The summed E-state index contributed by atoms with van der Waals surface area (Å²) in [7, 11) is -10.9. The Labute approximate surface area is 176 Å². The number of hydrogen-bond donors (Lipinski definition) is 4. The molecule has 0 bridgehead atoms. The van der Waals surface area contributed by atoms with Gasteiger partial charge >= 0.3 is 26.2 Å². The van der Waals surface area contributed by atoms with Crippen molar-refractivity contribution in [1.29, 1.82) is 0 Å². The summed E-state index contributed by atoms with van der Waals surface area (Å²) in [6.45, 7) is 3.31. The second-order valence-electron chi connectivity index (χ2n) is 9.95. The molecule has 2 aliphatic carbocycles. The molecule has 0 aromatic rings. The van der Waals surface area contributed by atoms with Gasteiger partial charge in [-0.25, -0.2) is 0 Å². The molecule has 2 aliphatic heterocycles. The average Bonchev–Trinajstić information content (AvgIpc) is 3.49. The van der Waals surface area contributed by atoms with E-state index in [-0.39, 0.29) is 12.1 Å². The van der Waals surface area contributed by atoms with E-state index in [1.807, 2.05) is 0 Å². The highest BCUT2D eigenvalue weighted by Crippen LogP contribution is 2.42. The Morgan fingerprint density at radius 3 is 1.48 bits per heavy atom. The van der Waals surface area contributed by atoms with Crippen molar-refractivity contribution in [3.8, 4) is 0 Å². The molecule has 4 N–H and O–H groups in total. The summed E-state index contributed by atoms with van der Waals surface area (Å²) in [5.74, 6) is 0.878. The van der Waals surface area contributed by atoms with Gasteiger partial charge in [-0.2, -0.15) is 0 Å². The van der Waals surface area contributed by atoms with E-state index in [0.29, 0.717) is 49.1 Å². The van der Waals surface area contributed by atoms with Crippen LogP contribution in [-0.4, -0.2) is 69.8 Å². The molecule has 2 heterocycles. The summed E-state index contributed by atoms with van der Waals surface area (Å²) >= 11 is 0. The van der Waals surface area contributed by atoms with Gasteiger partial charge in [-0.15, -0.1) is 0 Å². The van der Waals surface area contributed by atoms with Crippen LogP contribution in [0.4, 0.5) is 0 Å². The van der Waals surface area contributed by atoms with Crippen LogP contribution in [0.3, 0.4) is 0 Å². The second-order valence-corrected chi connectivity index (χ2v) is 18.4. The fourth-order valence-corrected chi connectivity index (χ4v) is 14.4. The van der Waals surface area contributed by atoms with Crippen LogP contribution >= 0.6 is 0 Å². The third kappa shape index (κ3) is 6.65. The van der Waals surface area contributed by atoms with Crippen molar-refractivity contribution in [3.05, 3.63) is 0 Å². The first kappa shape index (κ1) is 22.5. The van der Waals surface area contributed by atoms with Crippen molar-refractivity contribution in [2.45, 2.75) is 101 Å². The molecule has 11 heteroatoms. The van der Waals surface area contributed by atoms with Crippen LogP contribution in [0.25, 0.3) is 0 Å². The SMILES string of the molecule is C[Si](C)(O[Si](O)(O)CCC1CCC2OC2C1)O[Si](O)(O)CCC1CCC2OC2C1. The Kier molecular flexibility index (Phi) is 6.49. The predicted octanol–water partition coefficient (Wildman–Crippen LogP) is 1.48. The zero-order valence-electron chi connectivity index (χ0n) is 17.5. The Morgan fingerprint density at radius 2 is 1.10 bits per heavy atom. The largest absolute Gasteiger partial charge is 0.486 e. The van der Waals surface area contributed by atoms with Gasteiger partial charge < -0.3 is 36.9 Å². The van der Waals surface area contributed by atoms with Crippen molar-refractivity contribution in [1.82, 2.24) is 0 Å². The molecule has 6 atom stereocenters. The summed E-state index contributed by atoms with van der Waals surface area (Å²) < 4.78 is 22.3. The van der Waals surface area contributed by atoms with Gasteiger partial charge in [0.25, 0.3) is 0 Å². The van der Waals surface area contributed by atoms with E-state index in [0.717, 1.165) is 38.5 Å². The molecule has 0 radical (unpaired) electrons. The number of epoxide rings is 2. The van der Waals surface area contributed by atoms with Gasteiger partial charge in [0.15, 0.2) is 0 Å². The molecule has 168 valence electrons. The highest BCUT2D eigenvalue weighted by molar-refractivity contribution is 6.81. The zero-order chi connectivity index (χ0) is 20.9. The van der Waals surface area contributed by atoms with E-state index in [2.05, 4.69) is 0 Å². The molecule has 8 nitrogen and oxygen atoms in total. The van der Waals surface area contributed by atoms with Crippen LogP contribution in [0.2, 0.25) is 25.2 Å². The molecule has 2 saturated heterocycles. The zero-order valence-corrected chi connectivity index (χ0v) is 20.5. The molecular formula is C18H36O8Si3. The molecule has 2 saturated carbocycles. The van der Waals surface area contributed by atoms with Crippen LogP contribution in [0.5, 0.6) is 0 Å². The molecule has 4 fully saturated rings. The van der Waals surface area contributed by atoms with Crippen molar-refractivity contribution < 1.29 is 36.9 Å². The van der Waals surface area contributed by atoms with Crippen molar-refractivity contribution in [2.24, 2.45) is 11.8 Å². The van der Waals surface area contributed by atoms with E-state index in [1.165, 1.54) is 0 Å². The molecule has 0 amide bonds. The van der Waals surface area contributed by atoms with E-state index >= 15 is 0 Å². The topological polar surface area (TPSA) is 124 Å². The van der Waals surface area contributed by atoms with Gasteiger partial charge in [0.2, 0.25) is 0 Å². The Bertz CT molecular complexity index is 541. The third-order valence-electron chi connectivity index (χ3n) is 6.80. The lowest BCUT2D eigenvalue weighted by molar-refractivity contribution is 0.171. The minimum Gasteiger partial charge on any atom is -0.394 e. The van der Waals surface area contributed by atoms with Crippen molar-refractivity contribution in [3.63, 3.8) is 0 Å². The smallest absolute Gasteiger partial charge is 0.394 e. The maximum absolute atomic E-state index is 10.5. The van der Waals surface area contributed by atoms with E-state index < -0.39 is 26.2 Å². The summed E-state index contributed by atoms with van der Waals surface area (Å²) in [4.78, 5) is 41.8. The van der Waals surface area contributed by atoms with Gasteiger partial charge in [0, 0.05) is 12.1 Å². The summed E-state index contributed by atoms with van der Waals surface area (Å²) in [6, 6.07) is 0.426. The Morgan fingerprint density at radius 1 is 0.690 bits per heavy atom. The minimum atomic E-state index is -3.91. The highest BCUT2D eigenvalue weighted by atomic mass is 28.5. The van der Waals surface area contributed by atoms with Gasteiger partial charge in [0.05, 0.1) is 24.4 Å². The monoisotopic (exact) mass is 464 g/mol. The maximum atomic E-state index is 10.5. The van der Waals surface area contributed by atoms with Gasteiger partial charge in [-0.3, -0.25) is 0 Å². The van der Waals surface area contributed by atoms with Gasteiger partial charge in [0.1, 0.15) is 0 Å². The molecule has 6 unspecified atom stereocenters. The van der Waals surface area contributed by atoms with Crippen molar-refractivity contribution in [2.75, 3.05) is 0 Å². The van der Waals surface area contributed by atoms with Crippen LogP contribution < -0.4 is 0 Å². The maximum Gasteiger partial charge on any atom is 0.486 e. The molecule has 4 rings (SSSR count). The molecule has 0 spiro atoms. The first-order valence-corrected chi connectivity index (χ1v) is 17.9. The first-order chi connectivity index (χ1) is 13.5. The van der Waals surface area contributed by atoms with E-state index in [1.54, 1.807) is 13.1 Å². The van der Waals surface area contributed by atoms with Crippen LogP contribution in [0, 0.1) is 11.8 Å². The molecule has 4 aliphatic rings. The Hall–Kier alpha value is 0.331. The predicted molar refractivity (Wildman–Crippen MR) is 111 cm³/mol. The summed E-state index contributed by atoms with van der Waals surface area (Å²) in [5.41, 5.74) is 0. The second kappa shape index (κ2) is 8.35. The number of fused-ring (bicyclic) bond motifs is 2. The fraction of sp³-hybridized carbons (Fsp3) is 1.00. The quantitative estimate of drug-likeness (QED) is 0.283. The molecule has 0 aromatic carbocycles. The number of ether oxygens (including phenoxy) is 2. The third-order valence-corrected chi connectivity index (χ3v) is 15.2. The summed E-state index contributed by atoms with van der Waals surface area (Å²) in [6.07, 6.45) is 9.21. The standard InChI is InChI=1S/C18H36O8Si3/c1-27(2,25-28(19,20)9-7-13-3-5-15-17(11-13)23-15)26-29(21,22)10-8-14-4-6-16-18(12-14)24-16/h13-22H,3-12H2,1-2H3. The minimum absolute atomic E-state index is 0.213. The van der Waals surface area contributed by atoms with Crippen LogP contribution in [0.1, 0.15) is 51.4 Å². The summed E-state index contributed by atoms with van der Waals surface area (Å²) in [5, 5.41) is 0. The normalized spacial score (nSPS) is 37.0. The molecular weight excluding hydrogens is 428 g/mol. The lowest BCUT2D eigenvalue weighted by Crippen LogP contribution is -2.57. The van der Waals surface area contributed by atoms with Crippen LogP contribution in [-0.2, 0) is 17.7 Å². The number of hydrogen-bond acceptors (Lipinski definition) is 8.